The van der Waals surface area contributed by atoms with E-state index in [1.54, 1.807) is 0 Å². The van der Waals surface area contributed by atoms with Gasteiger partial charge in [-0.15, -0.1) is 4.80 Å². The molecular weight excluding hydrogens is 423 g/mol. The molecule has 1 aliphatic rings. The van der Waals surface area contributed by atoms with Crippen molar-refractivity contribution in [3.63, 3.8) is 0 Å². The molecule has 7 nitrogen and oxygen atoms in total. The molecule has 0 N–H and O–H groups in total. The Labute approximate surface area is 180 Å². The lowest BCUT2D eigenvalue weighted by atomic mass is 9.92. The highest BCUT2D eigenvalue weighted by atomic mass is 19.2. The second-order valence-electron chi connectivity index (χ2n) is 7.83. The van der Waals surface area contributed by atoms with Crippen molar-refractivity contribution in [3.05, 3.63) is 65.6 Å². The van der Waals surface area contributed by atoms with Crippen LogP contribution in [0.25, 0.3) is 16.8 Å². The van der Waals surface area contributed by atoms with E-state index in [2.05, 4.69) is 15.2 Å². The first-order valence-electron chi connectivity index (χ1n) is 10.1. The standard InChI is InChI=1S/C22H18F3N5O2/c1-12-2-3-13(22-28-18-8-16(24)17(25)9-19(18)32-22)10-29(12)21-15(23)5-4-14(11-31)20(21)30-26-6-7-27-30/h4-9,11-13H,2-3,10H2,1H3/t12-,13-/m1/s1. The van der Waals surface area contributed by atoms with Crippen LogP contribution in [0.5, 0.6) is 0 Å². The molecule has 3 heterocycles. The van der Waals surface area contributed by atoms with Crippen molar-refractivity contribution in [1.82, 2.24) is 20.0 Å². The van der Waals surface area contributed by atoms with E-state index in [0.29, 0.717) is 31.6 Å². The molecule has 2 aromatic carbocycles. The summed E-state index contributed by atoms with van der Waals surface area (Å²) in [5.74, 6) is -2.45. The van der Waals surface area contributed by atoms with Crippen molar-refractivity contribution in [2.75, 3.05) is 11.4 Å². The Morgan fingerprint density at radius 2 is 1.78 bits per heavy atom. The molecule has 32 heavy (non-hydrogen) atoms. The number of carbonyl (C=O) groups is 1. The van der Waals surface area contributed by atoms with Gasteiger partial charge in [-0.3, -0.25) is 4.79 Å². The second kappa shape index (κ2) is 7.77. The van der Waals surface area contributed by atoms with Gasteiger partial charge < -0.3 is 9.32 Å². The Bertz CT molecular complexity index is 1270. The Morgan fingerprint density at radius 3 is 2.53 bits per heavy atom. The third-order valence-electron chi connectivity index (χ3n) is 5.84. The quantitative estimate of drug-likeness (QED) is 0.437. The van der Waals surface area contributed by atoms with Gasteiger partial charge in [-0.2, -0.15) is 10.2 Å². The van der Waals surface area contributed by atoms with Crippen molar-refractivity contribution >= 4 is 23.1 Å². The highest BCUT2D eigenvalue weighted by Gasteiger charge is 2.34. The number of fused-ring (bicyclic) bond motifs is 1. The van der Waals surface area contributed by atoms with Gasteiger partial charge in [-0.05, 0) is 31.9 Å². The van der Waals surface area contributed by atoms with Crippen LogP contribution in [0, 0.1) is 17.5 Å². The number of carbonyl (C=O) groups excluding carboxylic acids is 1. The van der Waals surface area contributed by atoms with Crippen molar-refractivity contribution in [3.8, 4) is 5.69 Å². The fraction of sp³-hybridized carbons (Fsp3) is 0.273. The van der Waals surface area contributed by atoms with Crippen molar-refractivity contribution < 1.29 is 22.4 Å². The van der Waals surface area contributed by atoms with Gasteiger partial charge in [-0.1, -0.05) is 0 Å². The van der Waals surface area contributed by atoms with E-state index in [0.717, 1.165) is 12.1 Å². The van der Waals surface area contributed by atoms with Crippen LogP contribution in [0.3, 0.4) is 0 Å². The number of aldehydes is 1. The third kappa shape index (κ3) is 3.31. The van der Waals surface area contributed by atoms with Crippen LogP contribution in [-0.2, 0) is 0 Å². The van der Waals surface area contributed by atoms with Gasteiger partial charge in [-0.25, -0.2) is 18.2 Å². The van der Waals surface area contributed by atoms with E-state index >= 15 is 4.39 Å². The number of benzene rings is 2. The summed E-state index contributed by atoms with van der Waals surface area (Å²) < 4.78 is 48.0. The van der Waals surface area contributed by atoms with Gasteiger partial charge in [0.1, 0.15) is 22.7 Å². The Hall–Kier alpha value is -3.69. The third-order valence-corrected chi connectivity index (χ3v) is 5.84. The minimum absolute atomic E-state index is 0.0590. The number of nitrogens with zero attached hydrogens (tertiary/aromatic N) is 5. The maximum absolute atomic E-state index is 15.2. The summed E-state index contributed by atoms with van der Waals surface area (Å²) in [4.78, 5) is 19.1. The Balaban J connectivity index is 1.57. The molecule has 0 radical (unpaired) electrons. The maximum atomic E-state index is 15.2. The monoisotopic (exact) mass is 441 g/mol. The molecule has 1 saturated heterocycles. The average Bonchev–Trinajstić information content (AvgIpc) is 3.44. The maximum Gasteiger partial charge on any atom is 0.200 e. The molecule has 1 aliphatic heterocycles. The number of aromatic nitrogens is 4. The highest BCUT2D eigenvalue weighted by Crippen LogP contribution is 2.38. The van der Waals surface area contributed by atoms with Crippen LogP contribution in [-0.4, -0.2) is 38.9 Å². The van der Waals surface area contributed by atoms with Crippen LogP contribution in [0.2, 0.25) is 0 Å². The second-order valence-corrected chi connectivity index (χ2v) is 7.83. The van der Waals surface area contributed by atoms with E-state index in [1.807, 2.05) is 11.8 Å². The van der Waals surface area contributed by atoms with E-state index in [4.69, 9.17) is 4.42 Å². The Kier molecular flexibility index (Phi) is 4.91. The number of hydrogen-bond acceptors (Lipinski definition) is 6. The predicted molar refractivity (Wildman–Crippen MR) is 109 cm³/mol. The first-order valence-corrected chi connectivity index (χ1v) is 10.1. The summed E-state index contributed by atoms with van der Waals surface area (Å²) in [6.07, 6.45) is 4.91. The van der Waals surface area contributed by atoms with E-state index in [9.17, 15) is 13.6 Å². The molecule has 164 valence electrons. The number of halogens is 3. The largest absolute Gasteiger partial charge is 0.440 e. The minimum atomic E-state index is -1.01. The van der Waals surface area contributed by atoms with Gasteiger partial charge in [0.25, 0.3) is 0 Å². The normalized spacial score (nSPS) is 18.9. The lowest BCUT2D eigenvalue weighted by molar-refractivity contribution is 0.112. The predicted octanol–water partition coefficient (Wildman–Crippen LogP) is 4.41. The van der Waals surface area contributed by atoms with E-state index < -0.39 is 17.5 Å². The topological polar surface area (TPSA) is 77.0 Å². The number of hydrogen-bond donors (Lipinski definition) is 0. The van der Waals surface area contributed by atoms with Crippen LogP contribution < -0.4 is 4.90 Å². The average molecular weight is 441 g/mol. The zero-order valence-electron chi connectivity index (χ0n) is 17.0. The van der Waals surface area contributed by atoms with Crippen LogP contribution in [0.1, 0.15) is 41.9 Å². The molecule has 0 saturated carbocycles. The molecule has 5 rings (SSSR count). The SMILES string of the molecule is C[C@@H]1CC[C@@H](c2nc3cc(F)c(F)cc3o2)CN1c1c(F)ccc(C=O)c1-n1nccn1. The minimum Gasteiger partial charge on any atom is -0.440 e. The van der Waals surface area contributed by atoms with Crippen molar-refractivity contribution in [1.29, 1.82) is 0 Å². The molecule has 0 bridgehead atoms. The fourth-order valence-corrected chi connectivity index (χ4v) is 4.22. The summed E-state index contributed by atoms with van der Waals surface area (Å²) >= 11 is 0. The molecule has 10 heteroatoms. The number of anilines is 1. The molecule has 4 aromatic rings. The smallest absolute Gasteiger partial charge is 0.200 e. The van der Waals surface area contributed by atoms with Gasteiger partial charge in [0.15, 0.2) is 29.4 Å². The summed E-state index contributed by atoms with van der Waals surface area (Å²) in [5.41, 5.74) is 1.08. The van der Waals surface area contributed by atoms with Gasteiger partial charge in [0.2, 0.25) is 0 Å². The van der Waals surface area contributed by atoms with E-state index in [-0.39, 0.29) is 40.0 Å². The van der Waals surface area contributed by atoms with E-state index in [1.165, 1.54) is 29.3 Å². The molecule has 1 fully saturated rings. The number of piperidine rings is 1. The summed E-state index contributed by atoms with van der Waals surface area (Å²) in [5, 5.41) is 8.18. The molecule has 0 aliphatic carbocycles. The van der Waals surface area contributed by atoms with Crippen LogP contribution >= 0.6 is 0 Å². The van der Waals surface area contributed by atoms with Crippen molar-refractivity contribution in [2.45, 2.75) is 31.7 Å². The fourth-order valence-electron chi connectivity index (χ4n) is 4.22. The Morgan fingerprint density at radius 1 is 1.03 bits per heavy atom. The van der Waals surface area contributed by atoms with Crippen molar-refractivity contribution in [2.24, 2.45) is 0 Å². The number of rotatable bonds is 4. The summed E-state index contributed by atoms with van der Waals surface area (Å²) in [6, 6.07) is 4.54. The summed E-state index contributed by atoms with van der Waals surface area (Å²) in [6.45, 7) is 2.28. The molecule has 2 atom stereocenters. The van der Waals surface area contributed by atoms with Crippen LogP contribution in [0.4, 0.5) is 18.9 Å². The first-order chi connectivity index (χ1) is 15.5. The lowest BCUT2D eigenvalue weighted by Crippen LogP contribution is -2.42. The van der Waals surface area contributed by atoms with Gasteiger partial charge >= 0.3 is 0 Å². The zero-order chi connectivity index (χ0) is 22.4. The van der Waals surface area contributed by atoms with Gasteiger partial charge in [0, 0.05) is 30.3 Å². The molecule has 0 amide bonds. The van der Waals surface area contributed by atoms with Gasteiger partial charge in [0.05, 0.1) is 18.3 Å². The summed E-state index contributed by atoms with van der Waals surface area (Å²) in [7, 11) is 0. The molecule has 0 unspecified atom stereocenters. The zero-order valence-corrected chi connectivity index (χ0v) is 17.0. The molecule has 2 aromatic heterocycles. The van der Waals surface area contributed by atoms with Crippen LogP contribution in [0.15, 0.2) is 41.1 Å². The number of oxazole rings is 1. The first kappa shape index (κ1) is 20.2. The molecule has 0 spiro atoms. The highest BCUT2D eigenvalue weighted by molar-refractivity contribution is 5.86. The molecular formula is C22H18F3N5O2. The lowest BCUT2D eigenvalue weighted by Gasteiger charge is -2.39.